The van der Waals surface area contributed by atoms with E-state index in [4.69, 9.17) is 19.3 Å². The maximum Gasteiger partial charge on any atom is 0.361 e. The number of amidine groups is 1. The van der Waals surface area contributed by atoms with Crippen LogP contribution in [-0.4, -0.2) is 103 Å². The molecule has 2 amide bonds. The highest BCUT2D eigenvalue weighted by molar-refractivity contribution is 8.00. The van der Waals surface area contributed by atoms with Crippen LogP contribution >= 0.6 is 11.8 Å². The van der Waals surface area contributed by atoms with Crippen LogP contribution in [0.25, 0.3) is 6.08 Å². The Bertz CT molecular complexity index is 2560. The Labute approximate surface area is 494 Å². The summed E-state index contributed by atoms with van der Waals surface area (Å²) in [6.45, 7) is 37.9. The van der Waals surface area contributed by atoms with E-state index >= 15 is 19.2 Å². The number of aromatic nitrogens is 1. The van der Waals surface area contributed by atoms with Gasteiger partial charge in [-0.1, -0.05) is 96.4 Å². The lowest BCUT2D eigenvalue weighted by Gasteiger charge is -2.50. The van der Waals surface area contributed by atoms with Gasteiger partial charge >= 0.3 is 29.8 Å². The van der Waals surface area contributed by atoms with Crippen molar-refractivity contribution in [3.05, 3.63) is 33.7 Å². The maximum absolute atomic E-state index is 15.3. The summed E-state index contributed by atoms with van der Waals surface area (Å²) in [6, 6.07) is 0. The molecule has 5 N–H and O–H groups in total. The summed E-state index contributed by atoms with van der Waals surface area (Å²) in [5.74, 6) is -4.95. The third-order valence-electron chi connectivity index (χ3n) is 18.4. The van der Waals surface area contributed by atoms with Gasteiger partial charge in [-0.2, -0.15) is 0 Å². The number of ether oxygens (including phenoxy) is 2. The fraction of sp³-hybridized carbons (Fsp3) is 0.750. The van der Waals surface area contributed by atoms with Crippen LogP contribution in [0.2, 0.25) is 0 Å². The predicted octanol–water partition coefficient (Wildman–Crippen LogP) is 14.0. The molecule has 0 aromatic carbocycles. The van der Waals surface area contributed by atoms with Gasteiger partial charge in [-0.05, 0) is 166 Å². The summed E-state index contributed by atoms with van der Waals surface area (Å²) < 4.78 is 12.4. The molecule has 18 heteroatoms. The number of carbonyl (C=O) groups excluding carboxylic acids is 5. The van der Waals surface area contributed by atoms with Crippen molar-refractivity contribution in [2.45, 2.75) is 263 Å². The van der Waals surface area contributed by atoms with E-state index in [0.717, 1.165) is 50.3 Å². The molecule has 1 aliphatic carbocycles. The molecule has 462 valence electrons. The van der Waals surface area contributed by atoms with Crippen molar-refractivity contribution in [1.82, 2.24) is 15.4 Å². The lowest BCUT2D eigenvalue weighted by molar-refractivity contribution is -0.262. The second-order valence-corrected chi connectivity index (χ2v) is 28.6. The molecule has 1 aromatic heterocycles. The number of nitrogens with zero attached hydrogens (tertiary/aromatic N) is 2. The number of piperidine rings is 1. The molecule has 2 aliphatic heterocycles. The van der Waals surface area contributed by atoms with Crippen molar-refractivity contribution >= 4 is 71.2 Å². The van der Waals surface area contributed by atoms with E-state index in [0.29, 0.717) is 86.1 Å². The zero-order valence-corrected chi connectivity index (χ0v) is 54.2. The molecule has 0 radical (unpaired) electrons. The molecule has 1 saturated carbocycles. The molecule has 0 spiro atoms. The average molecular weight is 1170 g/mol. The summed E-state index contributed by atoms with van der Waals surface area (Å²) in [5.41, 5.74) is -2.24. The Morgan fingerprint density at radius 2 is 1.27 bits per heavy atom. The van der Waals surface area contributed by atoms with Gasteiger partial charge in [-0.25, -0.2) is 14.6 Å². The molecule has 4 rings (SSSR count). The van der Waals surface area contributed by atoms with Gasteiger partial charge < -0.3 is 40.1 Å². The number of hydrogen-bond acceptors (Lipinski definition) is 13. The largest absolute Gasteiger partial charge is 0.481 e. The van der Waals surface area contributed by atoms with Gasteiger partial charge in [0.2, 0.25) is 11.8 Å². The molecule has 0 bridgehead atoms. The molecule has 82 heavy (non-hydrogen) atoms. The van der Waals surface area contributed by atoms with Crippen LogP contribution < -0.4 is 10.6 Å². The van der Waals surface area contributed by atoms with Gasteiger partial charge in [0.05, 0.1) is 35.2 Å². The number of nitrogens with one attached hydrogen (secondary N) is 3. The van der Waals surface area contributed by atoms with E-state index in [1.807, 2.05) is 104 Å². The maximum atomic E-state index is 15.3. The number of aliphatic carboxylic acids is 2. The molecule has 2 fully saturated rings. The van der Waals surface area contributed by atoms with E-state index in [2.05, 4.69) is 43.3 Å². The van der Waals surface area contributed by atoms with Crippen molar-refractivity contribution in [2.75, 3.05) is 17.7 Å². The lowest BCUT2D eigenvalue weighted by atomic mass is 9.63. The molecular formula is C64H103N5O12S. The highest BCUT2D eigenvalue weighted by Crippen LogP contribution is 2.49. The number of H-pyrrole nitrogens is 1. The Hall–Kier alpha value is -4.97. The van der Waals surface area contributed by atoms with Crippen LogP contribution in [0.1, 0.15) is 262 Å². The quantitative estimate of drug-likeness (QED) is 0.0387. The summed E-state index contributed by atoms with van der Waals surface area (Å²) in [7, 11) is 0. The Morgan fingerprint density at radius 3 is 1.76 bits per heavy atom. The van der Waals surface area contributed by atoms with E-state index < -0.39 is 69.0 Å². The first-order valence-corrected chi connectivity index (χ1v) is 31.4. The number of carboxylic acids is 2. The number of aromatic amines is 1. The molecule has 3 heterocycles. The number of amides is 2. The van der Waals surface area contributed by atoms with Crippen molar-refractivity contribution in [1.29, 1.82) is 0 Å². The second-order valence-electron chi connectivity index (χ2n) is 27.3. The first-order chi connectivity index (χ1) is 38.0. The Balaban J connectivity index is 1.97. The molecule has 17 nitrogen and oxygen atoms in total. The monoisotopic (exact) mass is 1170 g/mol. The highest BCUT2D eigenvalue weighted by Gasteiger charge is 2.49. The third-order valence-corrected chi connectivity index (χ3v) is 19.7. The van der Waals surface area contributed by atoms with Gasteiger partial charge in [0, 0.05) is 27.4 Å². The van der Waals surface area contributed by atoms with Crippen molar-refractivity contribution < 1.29 is 58.1 Å². The molecular weight excluding hydrogens is 1060 g/mol. The SMILES string of the molecule is CCC(C)(C)C(=O)OCCCC(CC)(CC)C(=O)NC1=NC(=Cc2[nH]c(NC(=O)C(CC)(CC)CCCSC(CC(=O)O)C(=O)O)c(C(=O)OC3C(C)(C)CCCC3(C)C)c2C(C)C)C(C(C)C)=C1C(=O)ON1C(C)(C)CCCC1(C)C. The number of esters is 2. The van der Waals surface area contributed by atoms with E-state index in [-0.39, 0.29) is 69.8 Å². The standard InChI is InChI=1S/C64H103N5O12S/c1-20-58(10,11)57(78)79-35-27-33-63(21-2,22-3)55(76)68-50-48(53(75)81-69-61(16,17)31-26-32-62(69,18)19)46(40(8)9)42(66-50)37-41-45(39(6)7)47(52(74)80-54-59(12,13)29-25-30-60(54,14)15)49(65-41)67-56(77)64(23-4,24-5)34-28-36-82-43(51(72)73)38-44(70)71/h37,39-40,43,54,65H,20-36,38H2,1-19H3,(H,67,77)(H,70,71)(H,72,73)(H,66,68,76). The lowest BCUT2D eigenvalue weighted by Crippen LogP contribution is -2.59. The van der Waals surface area contributed by atoms with Gasteiger partial charge in [0.1, 0.15) is 34.1 Å². The Kier molecular flexibility index (Phi) is 23.6. The molecule has 1 unspecified atom stereocenters. The number of hydrogen-bond donors (Lipinski definition) is 5. The first kappa shape index (κ1) is 69.5. The van der Waals surface area contributed by atoms with Crippen molar-refractivity contribution in [2.24, 2.45) is 38.0 Å². The van der Waals surface area contributed by atoms with Crippen molar-refractivity contribution in [3.8, 4) is 0 Å². The second kappa shape index (κ2) is 27.8. The number of thioether (sulfide) groups is 1. The summed E-state index contributed by atoms with van der Waals surface area (Å²) >= 11 is 1.04. The molecule has 3 aliphatic rings. The fourth-order valence-electron chi connectivity index (χ4n) is 12.8. The minimum Gasteiger partial charge on any atom is -0.481 e. The minimum atomic E-state index is -1.21. The number of rotatable bonds is 28. The topological polar surface area (TPSA) is 243 Å². The van der Waals surface area contributed by atoms with Gasteiger partial charge in [-0.3, -0.25) is 24.0 Å². The number of carboxylic acid groups (broad SMARTS) is 2. The van der Waals surface area contributed by atoms with Crippen LogP contribution in [0.3, 0.4) is 0 Å². The van der Waals surface area contributed by atoms with Crippen molar-refractivity contribution in [3.63, 3.8) is 0 Å². The van der Waals surface area contributed by atoms with E-state index in [1.165, 1.54) is 0 Å². The number of hydroxylamine groups is 2. The summed E-state index contributed by atoms with van der Waals surface area (Å²) in [4.78, 5) is 112. The smallest absolute Gasteiger partial charge is 0.361 e. The number of allylic oxidation sites excluding steroid dienone is 1. The van der Waals surface area contributed by atoms with Crippen LogP contribution in [0.5, 0.6) is 0 Å². The van der Waals surface area contributed by atoms with Gasteiger partial charge in [0.15, 0.2) is 0 Å². The van der Waals surface area contributed by atoms with E-state index in [9.17, 15) is 24.6 Å². The zero-order chi connectivity index (χ0) is 62.1. The molecule has 1 atom stereocenters. The normalized spacial score (nSPS) is 19.2. The summed E-state index contributed by atoms with van der Waals surface area (Å²) in [5, 5.41) is 26.0. The van der Waals surface area contributed by atoms with Crippen LogP contribution in [-0.2, 0) is 43.1 Å². The predicted molar refractivity (Wildman–Crippen MR) is 325 cm³/mol. The molecule has 1 aromatic rings. The number of aliphatic imine (C=N–C) groups is 1. The first-order valence-electron chi connectivity index (χ1n) is 30.4. The Morgan fingerprint density at radius 1 is 0.744 bits per heavy atom. The van der Waals surface area contributed by atoms with Gasteiger partial charge in [-0.15, -0.1) is 16.8 Å². The van der Waals surface area contributed by atoms with Crippen LogP contribution in [0.15, 0.2) is 21.8 Å². The third kappa shape index (κ3) is 16.1. The summed E-state index contributed by atoms with van der Waals surface area (Å²) in [6.07, 6.45) is 9.90. The highest BCUT2D eigenvalue weighted by atomic mass is 32.2. The van der Waals surface area contributed by atoms with Gasteiger partial charge in [0.25, 0.3) is 0 Å². The number of anilines is 1. The van der Waals surface area contributed by atoms with Crippen LogP contribution in [0.4, 0.5) is 5.82 Å². The molecule has 1 saturated heterocycles. The number of carbonyl (C=O) groups is 7. The zero-order valence-electron chi connectivity index (χ0n) is 53.4. The van der Waals surface area contributed by atoms with Crippen LogP contribution in [0, 0.1) is 33.0 Å². The average Bonchev–Trinajstić information content (AvgIpc) is 4.15. The fourth-order valence-corrected chi connectivity index (χ4v) is 13.8. The minimum absolute atomic E-state index is 0.0269. The van der Waals surface area contributed by atoms with E-state index in [1.54, 1.807) is 11.1 Å².